The van der Waals surface area contributed by atoms with Gasteiger partial charge >= 0.3 is 0 Å². The third-order valence-corrected chi connectivity index (χ3v) is 7.22. The smallest absolute Gasteiger partial charge is 0.247 e. The van der Waals surface area contributed by atoms with Gasteiger partial charge in [-0.25, -0.2) is 28.2 Å². The number of carbonyl (C=O) groups excluding carboxylic acids is 1. The third kappa shape index (κ3) is 5.65. The van der Waals surface area contributed by atoms with Crippen molar-refractivity contribution in [3.63, 3.8) is 0 Å². The first-order valence-electron chi connectivity index (χ1n) is 11.8. The van der Waals surface area contributed by atoms with Crippen molar-refractivity contribution in [3.05, 3.63) is 84.8 Å². The maximum atomic E-state index is 13.8. The minimum atomic E-state index is -3.79. The minimum Gasteiger partial charge on any atom is -0.337 e. The Hall–Kier alpha value is -4.16. The molecular formula is C25H26N8O3S. The fraction of sp³-hybridized carbons (Fsp3) is 0.240. The summed E-state index contributed by atoms with van der Waals surface area (Å²) < 4.78 is 24.7. The Morgan fingerprint density at radius 1 is 0.919 bits per heavy atom. The quantitative estimate of drug-likeness (QED) is 0.388. The standard InChI is InChI=1S/C25H26N8O3S/c26-37(35,36)21-9-7-20(8-10-21)22-18-33(30-29-22)23(17-19-5-2-1-3-6-19)24(34)31-13-15-32(16-14-31)25-27-11-4-12-28-25/h1-12,18,23H,13-17H2,(H2,26,35,36)/t23-/m0/s1. The van der Waals surface area contributed by atoms with Crippen LogP contribution in [0.3, 0.4) is 0 Å². The van der Waals surface area contributed by atoms with E-state index in [1.165, 1.54) is 12.1 Å². The number of amides is 1. The molecule has 2 aromatic heterocycles. The van der Waals surface area contributed by atoms with Crippen molar-refractivity contribution in [1.82, 2.24) is 29.9 Å². The van der Waals surface area contributed by atoms with Crippen LogP contribution < -0.4 is 10.0 Å². The predicted molar refractivity (Wildman–Crippen MR) is 137 cm³/mol. The highest BCUT2D eigenvalue weighted by Gasteiger charge is 2.30. The monoisotopic (exact) mass is 518 g/mol. The molecule has 0 aliphatic carbocycles. The van der Waals surface area contributed by atoms with Crippen LogP contribution in [0.5, 0.6) is 0 Å². The lowest BCUT2D eigenvalue weighted by Gasteiger charge is -2.36. The third-order valence-electron chi connectivity index (χ3n) is 6.29. The molecule has 1 amide bonds. The van der Waals surface area contributed by atoms with E-state index >= 15 is 0 Å². The van der Waals surface area contributed by atoms with Crippen LogP contribution in [0.15, 0.2) is 84.1 Å². The molecule has 1 aliphatic heterocycles. The van der Waals surface area contributed by atoms with E-state index in [2.05, 4.69) is 25.2 Å². The van der Waals surface area contributed by atoms with Crippen molar-refractivity contribution in [2.45, 2.75) is 17.4 Å². The summed E-state index contributed by atoms with van der Waals surface area (Å²) in [4.78, 5) is 26.3. The van der Waals surface area contributed by atoms with Crippen LogP contribution in [0.1, 0.15) is 11.6 Å². The van der Waals surface area contributed by atoms with E-state index in [-0.39, 0.29) is 10.8 Å². The molecule has 3 heterocycles. The van der Waals surface area contributed by atoms with Crippen molar-refractivity contribution in [1.29, 1.82) is 0 Å². The van der Waals surface area contributed by atoms with Gasteiger partial charge in [0.1, 0.15) is 11.7 Å². The van der Waals surface area contributed by atoms with Crippen LogP contribution in [0.2, 0.25) is 0 Å². The van der Waals surface area contributed by atoms with Gasteiger partial charge in [0.2, 0.25) is 21.9 Å². The van der Waals surface area contributed by atoms with Gasteiger partial charge in [-0.1, -0.05) is 47.7 Å². The molecule has 37 heavy (non-hydrogen) atoms. The molecule has 0 saturated carbocycles. The number of primary sulfonamides is 1. The number of sulfonamides is 1. The molecule has 0 bridgehead atoms. The number of nitrogens with zero attached hydrogens (tertiary/aromatic N) is 7. The highest BCUT2D eigenvalue weighted by atomic mass is 32.2. The van der Waals surface area contributed by atoms with Gasteiger partial charge in [0.15, 0.2) is 0 Å². The second kappa shape index (κ2) is 10.4. The van der Waals surface area contributed by atoms with E-state index in [1.54, 1.807) is 41.5 Å². The van der Waals surface area contributed by atoms with Gasteiger partial charge in [-0.3, -0.25) is 4.79 Å². The molecule has 1 saturated heterocycles. The number of hydrogen-bond acceptors (Lipinski definition) is 8. The summed E-state index contributed by atoms with van der Waals surface area (Å²) in [5.41, 5.74) is 2.20. The van der Waals surface area contributed by atoms with E-state index in [0.29, 0.717) is 49.8 Å². The molecule has 0 spiro atoms. The molecular weight excluding hydrogens is 492 g/mol. The summed E-state index contributed by atoms with van der Waals surface area (Å²) in [6.45, 7) is 2.34. The number of nitrogens with two attached hydrogens (primary N) is 1. The van der Waals surface area contributed by atoms with Gasteiger partial charge in [0, 0.05) is 50.6 Å². The first kappa shape index (κ1) is 24.5. The molecule has 1 atom stereocenters. The number of piperazine rings is 1. The van der Waals surface area contributed by atoms with Gasteiger partial charge in [0.05, 0.1) is 11.1 Å². The van der Waals surface area contributed by atoms with Crippen molar-refractivity contribution in [2.75, 3.05) is 31.1 Å². The molecule has 0 radical (unpaired) electrons. The molecule has 12 heteroatoms. The number of hydrogen-bond donors (Lipinski definition) is 1. The van der Waals surface area contributed by atoms with Crippen molar-refractivity contribution >= 4 is 21.9 Å². The largest absolute Gasteiger partial charge is 0.337 e. The number of rotatable bonds is 7. The summed E-state index contributed by atoms with van der Waals surface area (Å²) in [6, 6.07) is 17.0. The van der Waals surface area contributed by atoms with E-state index in [9.17, 15) is 13.2 Å². The minimum absolute atomic E-state index is 0.0146. The van der Waals surface area contributed by atoms with E-state index in [4.69, 9.17) is 5.14 Å². The Bertz CT molecular complexity index is 1450. The molecule has 190 valence electrons. The number of aromatic nitrogens is 5. The van der Waals surface area contributed by atoms with Gasteiger partial charge in [-0.2, -0.15) is 0 Å². The molecule has 11 nitrogen and oxygen atoms in total. The summed E-state index contributed by atoms with van der Waals surface area (Å²) in [6.07, 6.45) is 5.58. The SMILES string of the molecule is NS(=O)(=O)c1ccc(-c2cn([C@@H](Cc3ccccc3)C(=O)N3CCN(c4ncccn4)CC3)nn2)cc1. The highest BCUT2D eigenvalue weighted by molar-refractivity contribution is 7.89. The summed E-state index contributed by atoms with van der Waals surface area (Å²) >= 11 is 0. The topological polar surface area (TPSA) is 140 Å². The second-order valence-electron chi connectivity index (χ2n) is 8.72. The van der Waals surface area contributed by atoms with Gasteiger partial charge in [-0.05, 0) is 23.8 Å². The maximum Gasteiger partial charge on any atom is 0.247 e. The Balaban J connectivity index is 1.37. The lowest BCUT2D eigenvalue weighted by atomic mass is 10.0. The van der Waals surface area contributed by atoms with Gasteiger partial charge in [0.25, 0.3) is 0 Å². The molecule has 4 aromatic rings. The van der Waals surface area contributed by atoms with Crippen LogP contribution in [0.4, 0.5) is 5.95 Å². The molecule has 1 aliphatic rings. The Morgan fingerprint density at radius 3 is 2.24 bits per heavy atom. The number of anilines is 1. The van der Waals surface area contributed by atoms with Crippen LogP contribution in [0, 0.1) is 0 Å². The van der Waals surface area contributed by atoms with Crippen molar-refractivity contribution in [2.24, 2.45) is 5.14 Å². The van der Waals surface area contributed by atoms with E-state index in [0.717, 1.165) is 5.56 Å². The van der Waals surface area contributed by atoms with Crippen molar-refractivity contribution < 1.29 is 13.2 Å². The second-order valence-corrected chi connectivity index (χ2v) is 10.3. The number of benzene rings is 2. The lowest BCUT2D eigenvalue weighted by molar-refractivity contribution is -0.135. The highest BCUT2D eigenvalue weighted by Crippen LogP contribution is 2.23. The Kier molecular flexibility index (Phi) is 6.93. The zero-order chi connectivity index (χ0) is 25.8. The van der Waals surface area contributed by atoms with Gasteiger partial charge in [-0.15, -0.1) is 5.10 Å². The summed E-state index contributed by atoms with van der Waals surface area (Å²) in [5.74, 6) is 0.614. The van der Waals surface area contributed by atoms with Crippen LogP contribution in [-0.2, 0) is 21.2 Å². The predicted octanol–water partition coefficient (Wildman–Crippen LogP) is 1.52. The summed E-state index contributed by atoms with van der Waals surface area (Å²) in [7, 11) is -3.79. The van der Waals surface area contributed by atoms with Gasteiger partial charge < -0.3 is 9.80 Å². The van der Waals surface area contributed by atoms with Crippen LogP contribution in [-0.4, -0.2) is 70.4 Å². The first-order chi connectivity index (χ1) is 17.9. The maximum absolute atomic E-state index is 13.8. The molecule has 2 N–H and O–H groups in total. The van der Waals surface area contributed by atoms with E-state index in [1.807, 2.05) is 35.2 Å². The zero-order valence-corrected chi connectivity index (χ0v) is 20.8. The van der Waals surface area contributed by atoms with Crippen LogP contribution in [0.25, 0.3) is 11.3 Å². The molecule has 1 fully saturated rings. The Morgan fingerprint density at radius 2 is 1.59 bits per heavy atom. The first-order valence-corrected chi connectivity index (χ1v) is 13.3. The summed E-state index contributed by atoms with van der Waals surface area (Å²) in [5, 5.41) is 13.7. The zero-order valence-electron chi connectivity index (χ0n) is 20.0. The fourth-order valence-corrected chi connectivity index (χ4v) is 4.82. The normalized spacial score (nSPS) is 14.9. The fourth-order valence-electron chi connectivity index (χ4n) is 4.30. The van der Waals surface area contributed by atoms with E-state index < -0.39 is 16.1 Å². The lowest BCUT2D eigenvalue weighted by Crippen LogP contribution is -2.51. The molecule has 2 aromatic carbocycles. The Labute approximate surface area is 214 Å². The average Bonchev–Trinajstić information content (AvgIpc) is 3.42. The molecule has 0 unspecified atom stereocenters. The average molecular weight is 519 g/mol. The van der Waals surface area contributed by atoms with Crippen molar-refractivity contribution in [3.8, 4) is 11.3 Å². The van der Waals surface area contributed by atoms with Crippen LogP contribution >= 0.6 is 0 Å². The number of carbonyl (C=O) groups is 1. The molecule has 5 rings (SSSR count).